The van der Waals surface area contributed by atoms with Gasteiger partial charge in [0.05, 0.1) is 0 Å². The molecule has 5 nitrogen and oxygen atoms in total. The van der Waals surface area contributed by atoms with Gasteiger partial charge < -0.3 is 9.80 Å². The molecule has 1 aliphatic carbocycles. The van der Waals surface area contributed by atoms with Crippen LogP contribution < -0.4 is 4.90 Å². The van der Waals surface area contributed by atoms with E-state index in [0.717, 1.165) is 57.6 Å². The lowest BCUT2D eigenvalue weighted by molar-refractivity contribution is -0.141. The van der Waals surface area contributed by atoms with E-state index in [1.54, 1.807) is 0 Å². The average molecular weight is 396 g/mol. The minimum absolute atomic E-state index is 0.153. The standard InChI is InChI=1S/C20H27F3N4O/c21-20(22,23)17-7-10-24-19(25-17)26-12-8-14(9-13-26)16-4-2-1-3-11-27(16)18(28)15-5-6-15/h7,10,14-16H,1-6,8-9,11-13H2. The second-order valence-corrected chi connectivity index (χ2v) is 8.29. The molecule has 3 heterocycles. The maximum Gasteiger partial charge on any atom is 0.433 e. The first kappa shape index (κ1) is 19.5. The maximum atomic E-state index is 12.9. The molecule has 1 aromatic rings. The first-order valence-electron chi connectivity index (χ1n) is 10.4. The van der Waals surface area contributed by atoms with Gasteiger partial charge in [-0.15, -0.1) is 0 Å². The van der Waals surface area contributed by atoms with Gasteiger partial charge in [-0.25, -0.2) is 9.97 Å². The number of likely N-dealkylation sites (tertiary alicyclic amines) is 1. The number of amides is 1. The van der Waals surface area contributed by atoms with Crippen LogP contribution in [0.3, 0.4) is 0 Å². The summed E-state index contributed by atoms with van der Waals surface area (Å²) in [5, 5.41) is 0. The third kappa shape index (κ3) is 4.25. The lowest BCUT2D eigenvalue weighted by Gasteiger charge is -2.41. The van der Waals surface area contributed by atoms with Gasteiger partial charge in [-0.3, -0.25) is 4.79 Å². The normalized spacial score (nSPS) is 24.9. The summed E-state index contributed by atoms with van der Waals surface area (Å²) < 4.78 is 38.8. The van der Waals surface area contributed by atoms with Crippen molar-refractivity contribution in [3.63, 3.8) is 0 Å². The zero-order valence-corrected chi connectivity index (χ0v) is 16.0. The van der Waals surface area contributed by atoms with Crippen molar-refractivity contribution in [1.82, 2.24) is 14.9 Å². The third-order valence-electron chi connectivity index (χ3n) is 6.31. The number of alkyl halides is 3. The number of hydrogen-bond donors (Lipinski definition) is 0. The Balaban J connectivity index is 1.42. The molecular formula is C20H27F3N4O. The van der Waals surface area contributed by atoms with Crippen molar-refractivity contribution >= 4 is 11.9 Å². The zero-order valence-electron chi connectivity index (χ0n) is 16.0. The van der Waals surface area contributed by atoms with Gasteiger partial charge in [-0.2, -0.15) is 13.2 Å². The number of hydrogen-bond acceptors (Lipinski definition) is 4. The Morgan fingerprint density at radius 1 is 1.00 bits per heavy atom. The summed E-state index contributed by atoms with van der Waals surface area (Å²) in [5.74, 6) is 1.12. The quantitative estimate of drug-likeness (QED) is 0.778. The smallest absolute Gasteiger partial charge is 0.341 e. The molecule has 2 saturated heterocycles. The van der Waals surface area contributed by atoms with Gasteiger partial charge in [0.2, 0.25) is 11.9 Å². The lowest BCUT2D eigenvalue weighted by atomic mass is 9.86. The van der Waals surface area contributed by atoms with Crippen LogP contribution >= 0.6 is 0 Å². The number of carbonyl (C=O) groups excluding carboxylic acids is 1. The number of aromatic nitrogens is 2. The average Bonchev–Trinajstić information content (AvgIpc) is 3.54. The minimum Gasteiger partial charge on any atom is -0.341 e. The highest BCUT2D eigenvalue weighted by Gasteiger charge is 2.40. The van der Waals surface area contributed by atoms with Crippen LogP contribution in [0.1, 0.15) is 57.1 Å². The van der Waals surface area contributed by atoms with Crippen LogP contribution in [0.5, 0.6) is 0 Å². The van der Waals surface area contributed by atoms with Gasteiger partial charge in [0.1, 0.15) is 5.69 Å². The van der Waals surface area contributed by atoms with E-state index in [1.807, 2.05) is 4.90 Å². The molecule has 1 amide bonds. The Kier molecular flexibility index (Phi) is 5.47. The van der Waals surface area contributed by atoms with Gasteiger partial charge >= 0.3 is 6.18 Å². The number of rotatable bonds is 3. The van der Waals surface area contributed by atoms with Crippen LogP contribution in [0.4, 0.5) is 19.1 Å². The molecule has 3 fully saturated rings. The van der Waals surface area contributed by atoms with Crippen molar-refractivity contribution in [3.8, 4) is 0 Å². The SMILES string of the molecule is O=C(C1CC1)N1CCCCCC1C1CCN(c2nccc(C(F)(F)F)n2)CC1. The van der Waals surface area contributed by atoms with Crippen LogP contribution in [0.25, 0.3) is 0 Å². The van der Waals surface area contributed by atoms with Gasteiger partial charge in [0, 0.05) is 37.8 Å². The number of nitrogens with zero attached hydrogens (tertiary/aromatic N) is 4. The second kappa shape index (κ2) is 7.87. The molecule has 1 saturated carbocycles. The Morgan fingerprint density at radius 3 is 2.43 bits per heavy atom. The molecule has 1 atom stereocenters. The summed E-state index contributed by atoms with van der Waals surface area (Å²) in [6.45, 7) is 2.12. The summed E-state index contributed by atoms with van der Waals surface area (Å²) in [6, 6.07) is 1.18. The molecule has 2 aliphatic heterocycles. The predicted octanol–water partition coefficient (Wildman–Crippen LogP) is 3.89. The molecule has 3 aliphatic rings. The van der Waals surface area contributed by atoms with Crippen molar-refractivity contribution in [1.29, 1.82) is 0 Å². The first-order chi connectivity index (χ1) is 13.4. The van der Waals surface area contributed by atoms with E-state index in [4.69, 9.17) is 0 Å². The number of anilines is 1. The minimum atomic E-state index is -4.46. The van der Waals surface area contributed by atoms with E-state index in [2.05, 4.69) is 14.9 Å². The summed E-state index contributed by atoms with van der Waals surface area (Å²) in [4.78, 5) is 24.5. The molecule has 4 rings (SSSR count). The van der Waals surface area contributed by atoms with Crippen molar-refractivity contribution in [2.75, 3.05) is 24.5 Å². The van der Waals surface area contributed by atoms with Crippen molar-refractivity contribution < 1.29 is 18.0 Å². The molecule has 1 aromatic heterocycles. The van der Waals surface area contributed by atoms with Gasteiger partial charge in [-0.1, -0.05) is 12.8 Å². The Bertz CT molecular complexity index is 699. The van der Waals surface area contributed by atoms with Gasteiger partial charge in [0.15, 0.2) is 0 Å². The first-order valence-corrected chi connectivity index (χ1v) is 10.4. The van der Waals surface area contributed by atoms with Crippen molar-refractivity contribution in [2.24, 2.45) is 11.8 Å². The third-order valence-corrected chi connectivity index (χ3v) is 6.31. The number of carbonyl (C=O) groups is 1. The number of piperidine rings is 1. The van der Waals surface area contributed by atoms with Gasteiger partial charge in [0.25, 0.3) is 0 Å². The van der Waals surface area contributed by atoms with Gasteiger partial charge in [-0.05, 0) is 50.5 Å². The van der Waals surface area contributed by atoms with Crippen LogP contribution in [-0.4, -0.2) is 46.5 Å². The van der Waals surface area contributed by atoms with E-state index in [1.165, 1.54) is 12.6 Å². The topological polar surface area (TPSA) is 49.3 Å². The fourth-order valence-electron chi connectivity index (χ4n) is 4.61. The Hall–Kier alpha value is -1.86. The fraction of sp³-hybridized carbons (Fsp3) is 0.750. The maximum absolute atomic E-state index is 12.9. The van der Waals surface area contributed by atoms with Crippen LogP contribution in [-0.2, 0) is 11.0 Å². The summed E-state index contributed by atoms with van der Waals surface area (Å²) in [7, 11) is 0. The summed E-state index contributed by atoms with van der Waals surface area (Å²) in [5.41, 5.74) is -0.899. The van der Waals surface area contributed by atoms with E-state index in [-0.39, 0.29) is 17.9 Å². The highest BCUT2D eigenvalue weighted by Crippen LogP contribution is 2.37. The van der Waals surface area contributed by atoms with Crippen molar-refractivity contribution in [3.05, 3.63) is 18.0 Å². The molecule has 0 aromatic carbocycles. The molecule has 1 unspecified atom stereocenters. The van der Waals surface area contributed by atoms with E-state index >= 15 is 0 Å². The molecule has 8 heteroatoms. The Morgan fingerprint density at radius 2 is 1.75 bits per heavy atom. The molecular weight excluding hydrogens is 369 g/mol. The molecule has 154 valence electrons. The molecule has 0 spiro atoms. The van der Waals surface area contributed by atoms with Crippen LogP contribution in [0, 0.1) is 11.8 Å². The molecule has 0 bridgehead atoms. The second-order valence-electron chi connectivity index (χ2n) is 8.29. The predicted molar refractivity (Wildman–Crippen MR) is 98.7 cm³/mol. The molecule has 0 radical (unpaired) electrons. The zero-order chi connectivity index (χ0) is 19.7. The lowest BCUT2D eigenvalue weighted by Crippen LogP contribution is -2.48. The summed E-state index contributed by atoms with van der Waals surface area (Å²) in [6.07, 6.45) is 4.92. The Labute approximate surface area is 163 Å². The van der Waals surface area contributed by atoms with Crippen molar-refractivity contribution in [2.45, 2.75) is 63.6 Å². The highest BCUT2D eigenvalue weighted by molar-refractivity contribution is 5.81. The van der Waals surface area contributed by atoms with Crippen LogP contribution in [0.2, 0.25) is 0 Å². The van der Waals surface area contributed by atoms with E-state index < -0.39 is 11.9 Å². The molecule has 28 heavy (non-hydrogen) atoms. The van der Waals surface area contributed by atoms with E-state index in [9.17, 15) is 18.0 Å². The largest absolute Gasteiger partial charge is 0.433 e. The number of halogens is 3. The molecule has 0 N–H and O–H groups in total. The van der Waals surface area contributed by atoms with Crippen LogP contribution in [0.15, 0.2) is 12.3 Å². The fourth-order valence-corrected chi connectivity index (χ4v) is 4.61. The highest BCUT2D eigenvalue weighted by atomic mass is 19.4. The monoisotopic (exact) mass is 396 g/mol. The van der Waals surface area contributed by atoms with E-state index in [0.29, 0.717) is 24.9 Å². The summed E-state index contributed by atoms with van der Waals surface area (Å²) >= 11 is 0.